The molecule has 1 N–H and O–H groups in total. The second kappa shape index (κ2) is 4.20. The molecule has 0 saturated carbocycles. The minimum atomic E-state index is -0.111. The number of nitrogens with zero attached hydrogens (tertiary/aromatic N) is 2. The molecule has 0 radical (unpaired) electrons. The van der Waals surface area contributed by atoms with Crippen molar-refractivity contribution in [1.29, 1.82) is 0 Å². The van der Waals surface area contributed by atoms with E-state index in [1.165, 1.54) is 0 Å². The van der Waals surface area contributed by atoms with Gasteiger partial charge in [0.2, 0.25) is 5.91 Å². The van der Waals surface area contributed by atoms with Crippen LogP contribution in [-0.4, -0.2) is 27.8 Å². The van der Waals surface area contributed by atoms with Crippen molar-refractivity contribution in [1.82, 2.24) is 4.98 Å². The van der Waals surface area contributed by atoms with Gasteiger partial charge in [-0.05, 0) is 12.1 Å². The summed E-state index contributed by atoms with van der Waals surface area (Å²) in [4.78, 5) is 17.3. The Hall–Kier alpha value is -1.07. The molecule has 1 saturated heterocycles. The van der Waals surface area contributed by atoms with Gasteiger partial charge in [0, 0.05) is 18.2 Å². The molecule has 1 amide bonds. The van der Waals surface area contributed by atoms with Crippen LogP contribution in [0.15, 0.2) is 18.2 Å². The third-order valence-corrected chi connectivity index (χ3v) is 2.68. The lowest BCUT2D eigenvalue weighted by Crippen LogP contribution is -2.25. The second-order valence-corrected chi connectivity index (χ2v) is 4.24. The van der Waals surface area contributed by atoms with E-state index in [4.69, 9.17) is 5.11 Å². The molecule has 15 heavy (non-hydrogen) atoms. The van der Waals surface area contributed by atoms with E-state index < -0.39 is 0 Å². The summed E-state index contributed by atoms with van der Waals surface area (Å²) in [5.41, 5.74) is 0.572. The summed E-state index contributed by atoms with van der Waals surface area (Å²) in [6.07, 6.45) is 0.453. The summed E-state index contributed by atoms with van der Waals surface area (Å²) >= 11 is 4.27. The average Bonchev–Trinajstić information content (AvgIpc) is 2.58. The lowest BCUT2D eigenvalue weighted by Gasteiger charge is -2.15. The summed E-state index contributed by atoms with van der Waals surface area (Å²) in [6, 6.07) is 5.28. The molecule has 1 atom stereocenters. The lowest BCUT2D eigenvalue weighted by atomic mass is 10.3. The van der Waals surface area contributed by atoms with Crippen LogP contribution >= 0.6 is 12.6 Å². The monoisotopic (exact) mass is 224 g/mol. The number of aliphatic hydroxyl groups excluding tert-OH is 1. The van der Waals surface area contributed by atoms with Crippen molar-refractivity contribution >= 4 is 24.4 Å². The average molecular weight is 224 g/mol. The summed E-state index contributed by atoms with van der Waals surface area (Å²) in [7, 11) is 0. The highest BCUT2D eigenvalue weighted by Crippen LogP contribution is 2.22. The van der Waals surface area contributed by atoms with Gasteiger partial charge < -0.3 is 5.11 Å². The van der Waals surface area contributed by atoms with Gasteiger partial charge in [0.25, 0.3) is 0 Å². The third kappa shape index (κ3) is 2.13. The number of carbonyl (C=O) groups excluding carboxylic acids is 1. The number of pyridine rings is 1. The van der Waals surface area contributed by atoms with E-state index in [2.05, 4.69) is 17.6 Å². The largest absolute Gasteiger partial charge is 0.390 e. The molecule has 1 aliphatic rings. The normalized spacial score (nSPS) is 21.1. The first kappa shape index (κ1) is 10.4. The molecule has 4 nitrogen and oxygen atoms in total. The maximum Gasteiger partial charge on any atom is 0.229 e. The van der Waals surface area contributed by atoms with Crippen molar-refractivity contribution in [3.8, 4) is 0 Å². The molecule has 5 heteroatoms. The van der Waals surface area contributed by atoms with Crippen LogP contribution in [0.1, 0.15) is 12.1 Å². The number of aliphatic hydroxyl groups is 1. The molecule has 0 spiro atoms. The van der Waals surface area contributed by atoms with Crippen LogP contribution in [0.25, 0.3) is 0 Å². The van der Waals surface area contributed by atoms with Gasteiger partial charge in [0.05, 0.1) is 12.3 Å². The van der Waals surface area contributed by atoms with Crippen LogP contribution in [0.3, 0.4) is 0 Å². The molecule has 1 aromatic heterocycles. The van der Waals surface area contributed by atoms with E-state index in [1.807, 2.05) is 0 Å². The van der Waals surface area contributed by atoms with Crippen molar-refractivity contribution in [2.45, 2.75) is 18.3 Å². The fraction of sp³-hybridized carbons (Fsp3) is 0.400. The molecule has 1 unspecified atom stereocenters. The van der Waals surface area contributed by atoms with E-state index in [-0.39, 0.29) is 17.8 Å². The summed E-state index contributed by atoms with van der Waals surface area (Å²) in [6.45, 7) is 0.476. The van der Waals surface area contributed by atoms with Crippen molar-refractivity contribution in [2.24, 2.45) is 0 Å². The summed E-state index contributed by atoms with van der Waals surface area (Å²) < 4.78 is 0. The Labute approximate surface area is 93.3 Å². The van der Waals surface area contributed by atoms with Gasteiger partial charge in [0.1, 0.15) is 5.82 Å². The number of aromatic nitrogens is 1. The highest BCUT2D eigenvalue weighted by Gasteiger charge is 2.28. The van der Waals surface area contributed by atoms with Crippen molar-refractivity contribution in [3.63, 3.8) is 0 Å². The maximum atomic E-state index is 11.6. The standard InChI is InChI=1S/C10H12N2O2S/c13-6-7-2-1-3-9(11-7)12-5-8(15)4-10(12)14/h1-3,8,13,15H,4-6H2. The molecule has 80 valence electrons. The van der Waals surface area contributed by atoms with Gasteiger partial charge in [-0.15, -0.1) is 0 Å². The number of amides is 1. The smallest absolute Gasteiger partial charge is 0.229 e. The van der Waals surface area contributed by atoms with Crippen LogP contribution < -0.4 is 4.90 Å². The Kier molecular flexibility index (Phi) is 2.93. The number of hydrogen-bond donors (Lipinski definition) is 2. The number of thiol groups is 1. The molecular formula is C10H12N2O2S. The van der Waals surface area contributed by atoms with E-state index in [0.29, 0.717) is 24.5 Å². The van der Waals surface area contributed by atoms with Gasteiger partial charge >= 0.3 is 0 Å². The van der Waals surface area contributed by atoms with E-state index in [1.54, 1.807) is 23.1 Å². The Morgan fingerprint density at radius 3 is 3.00 bits per heavy atom. The highest BCUT2D eigenvalue weighted by atomic mass is 32.1. The predicted molar refractivity (Wildman–Crippen MR) is 59.9 cm³/mol. The quantitative estimate of drug-likeness (QED) is 0.724. The Bertz CT molecular complexity index is 383. The Morgan fingerprint density at radius 2 is 2.40 bits per heavy atom. The second-order valence-electron chi connectivity index (χ2n) is 3.51. The van der Waals surface area contributed by atoms with Crippen LogP contribution in [0.2, 0.25) is 0 Å². The fourth-order valence-corrected chi connectivity index (χ4v) is 1.93. The zero-order chi connectivity index (χ0) is 10.8. The molecule has 2 rings (SSSR count). The van der Waals surface area contributed by atoms with Crippen molar-refractivity contribution < 1.29 is 9.90 Å². The van der Waals surface area contributed by atoms with E-state index >= 15 is 0 Å². The molecule has 0 aliphatic carbocycles. The first-order valence-corrected chi connectivity index (χ1v) is 5.27. The highest BCUT2D eigenvalue weighted by molar-refractivity contribution is 7.81. The number of rotatable bonds is 2. The minimum absolute atomic E-state index is 0.0394. The van der Waals surface area contributed by atoms with Gasteiger partial charge in [-0.1, -0.05) is 6.07 Å². The van der Waals surface area contributed by atoms with Gasteiger partial charge in [-0.3, -0.25) is 9.69 Å². The SMILES string of the molecule is O=C1CC(S)CN1c1cccc(CO)n1. The van der Waals surface area contributed by atoms with Crippen LogP contribution in [0.5, 0.6) is 0 Å². The molecular weight excluding hydrogens is 212 g/mol. The predicted octanol–water partition coefficient (Wildman–Crippen LogP) is 0.609. The Balaban J connectivity index is 2.25. The molecule has 1 aromatic rings. The van der Waals surface area contributed by atoms with Gasteiger partial charge in [-0.25, -0.2) is 4.98 Å². The zero-order valence-corrected chi connectivity index (χ0v) is 9.02. The molecule has 0 aromatic carbocycles. The summed E-state index contributed by atoms with van der Waals surface area (Å²) in [5, 5.41) is 9.02. The third-order valence-electron chi connectivity index (χ3n) is 2.34. The molecule has 2 heterocycles. The number of carbonyl (C=O) groups is 1. The zero-order valence-electron chi connectivity index (χ0n) is 8.13. The van der Waals surface area contributed by atoms with Crippen LogP contribution in [0.4, 0.5) is 5.82 Å². The van der Waals surface area contributed by atoms with Crippen LogP contribution in [-0.2, 0) is 11.4 Å². The molecule has 0 bridgehead atoms. The van der Waals surface area contributed by atoms with Crippen LogP contribution in [0, 0.1) is 0 Å². The molecule has 1 aliphatic heterocycles. The lowest BCUT2D eigenvalue weighted by molar-refractivity contribution is -0.117. The first-order valence-electron chi connectivity index (χ1n) is 4.76. The fourth-order valence-electron chi connectivity index (χ4n) is 1.62. The van der Waals surface area contributed by atoms with E-state index in [9.17, 15) is 4.79 Å². The maximum absolute atomic E-state index is 11.6. The number of hydrogen-bond acceptors (Lipinski definition) is 4. The van der Waals surface area contributed by atoms with Crippen molar-refractivity contribution in [3.05, 3.63) is 23.9 Å². The minimum Gasteiger partial charge on any atom is -0.390 e. The van der Waals surface area contributed by atoms with Crippen molar-refractivity contribution in [2.75, 3.05) is 11.4 Å². The van der Waals surface area contributed by atoms with Gasteiger partial charge in [-0.2, -0.15) is 12.6 Å². The summed E-state index contributed by atoms with van der Waals surface area (Å²) in [5.74, 6) is 0.640. The Morgan fingerprint density at radius 1 is 1.60 bits per heavy atom. The molecule has 1 fully saturated rings. The van der Waals surface area contributed by atoms with Gasteiger partial charge in [0.15, 0.2) is 0 Å². The first-order chi connectivity index (χ1) is 7.20. The van der Waals surface area contributed by atoms with E-state index in [0.717, 1.165) is 0 Å². The topological polar surface area (TPSA) is 53.4 Å². The number of anilines is 1.